The van der Waals surface area contributed by atoms with E-state index >= 15 is 0 Å². The van der Waals surface area contributed by atoms with Crippen LogP contribution in [0.3, 0.4) is 0 Å². The monoisotopic (exact) mass is 427 g/mol. The molecule has 1 heterocycles. The second-order valence-corrected chi connectivity index (χ2v) is 9.09. The Kier molecular flexibility index (Phi) is 6.54. The number of ether oxygens (including phenoxy) is 1. The van der Waals surface area contributed by atoms with Crippen molar-refractivity contribution in [2.45, 2.75) is 13.5 Å². The molecule has 0 radical (unpaired) electrons. The lowest BCUT2D eigenvalue weighted by Gasteiger charge is -2.06. The molecule has 8 heteroatoms. The number of anilines is 1. The molecular formula is C21H21N3O3S2. The van der Waals surface area contributed by atoms with Crippen molar-refractivity contribution < 1.29 is 13.2 Å². The fraction of sp³-hybridized carbons (Fsp3) is 0.190. The second kappa shape index (κ2) is 9.09. The summed E-state index contributed by atoms with van der Waals surface area (Å²) >= 11 is 1.61. The maximum Gasteiger partial charge on any atom is 0.233 e. The zero-order chi connectivity index (χ0) is 20.9. The SMILES string of the molecule is C=CS(=O)(=O)NCc1cccc(NCC#Cc2cc(OC)c3nc(C)sc3c2)c1. The van der Waals surface area contributed by atoms with E-state index < -0.39 is 10.0 Å². The van der Waals surface area contributed by atoms with Crippen LogP contribution in [0.1, 0.15) is 16.1 Å². The number of thiazole rings is 1. The fourth-order valence-corrected chi connectivity index (χ4v) is 4.03. The van der Waals surface area contributed by atoms with Gasteiger partial charge in [0.1, 0.15) is 11.3 Å². The highest BCUT2D eigenvalue weighted by Gasteiger charge is 2.08. The van der Waals surface area contributed by atoms with Gasteiger partial charge in [-0.3, -0.25) is 0 Å². The molecular weight excluding hydrogens is 406 g/mol. The van der Waals surface area contributed by atoms with E-state index in [2.05, 4.69) is 33.4 Å². The average Bonchev–Trinajstić information content (AvgIpc) is 3.09. The Labute approximate surface area is 174 Å². The third-order valence-corrected chi connectivity index (χ3v) is 5.93. The van der Waals surface area contributed by atoms with Crippen LogP contribution in [0.25, 0.3) is 10.2 Å². The summed E-state index contributed by atoms with van der Waals surface area (Å²) in [4.78, 5) is 4.49. The molecule has 0 spiro atoms. The molecule has 0 saturated heterocycles. The first-order valence-corrected chi connectivity index (χ1v) is 11.2. The summed E-state index contributed by atoms with van der Waals surface area (Å²) in [6, 6.07) is 11.4. The average molecular weight is 428 g/mol. The quantitative estimate of drug-likeness (QED) is 0.563. The Hall–Kier alpha value is -2.86. The molecule has 3 aromatic rings. The van der Waals surface area contributed by atoms with Crippen molar-refractivity contribution >= 4 is 37.3 Å². The van der Waals surface area contributed by atoms with Gasteiger partial charge in [0.15, 0.2) is 0 Å². The number of fused-ring (bicyclic) bond motifs is 1. The minimum atomic E-state index is -3.44. The Morgan fingerprint density at radius 2 is 2.14 bits per heavy atom. The van der Waals surface area contributed by atoms with Crippen LogP contribution in [0.5, 0.6) is 5.75 Å². The van der Waals surface area contributed by atoms with Crippen molar-refractivity contribution in [3.8, 4) is 17.6 Å². The first-order chi connectivity index (χ1) is 13.9. The van der Waals surface area contributed by atoms with Crippen LogP contribution in [0.15, 0.2) is 48.4 Å². The van der Waals surface area contributed by atoms with Crippen molar-refractivity contribution in [3.05, 3.63) is 64.5 Å². The van der Waals surface area contributed by atoms with Gasteiger partial charge >= 0.3 is 0 Å². The summed E-state index contributed by atoms with van der Waals surface area (Å²) in [7, 11) is -1.82. The van der Waals surface area contributed by atoms with E-state index in [1.807, 2.05) is 43.3 Å². The predicted molar refractivity (Wildman–Crippen MR) is 119 cm³/mol. The molecule has 0 aliphatic heterocycles. The van der Waals surface area contributed by atoms with Crippen LogP contribution in [-0.2, 0) is 16.6 Å². The van der Waals surface area contributed by atoms with Gasteiger partial charge < -0.3 is 10.1 Å². The molecule has 3 rings (SSSR count). The highest BCUT2D eigenvalue weighted by molar-refractivity contribution is 7.92. The molecule has 0 bridgehead atoms. The number of nitrogens with zero attached hydrogens (tertiary/aromatic N) is 1. The number of benzene rings is 2. The predicted octanol–water partition coefficient (Wildman–Crippen LogP) is 3.64. The topological polar surface area (TPSA) is 80.3 Å². The lowest BCUT2D eigenvalue weighted by molar-refractivity contribution is 0.419. The van der Waals surface area contributed by atoms with Crippen molar-refractivity contribution in [2.75, 3.05) is 19.0 Å². The molecule has 0 amide bonds. The molecule has 0 aliphatic carbocycles. The molecule has 29 heavy (non-hydrogen) atoms. The van der Waals surface area contributed by atoms with Crippen LogP contribution in [-0.4, -0.2) is 27.1 Å². The molecule has 6 nitrogen and oxygen atoms in total. The Morgan fingerprint density at radius 3 is 2.90 bits per heavy atom. The maximum absolute atomic E-state index is 11.5. The summed E-state index contributed by atoms with van der Waals surface area (Å²) < 4.78 is 31.8. The number of rotatable bonds is 7. The second-order valence-electron chi connectivity index (χ2n) is 6.15. The van der Waals surface area contributed by atoms with E-state index in [0.717, 1.165) is 43.2 Å². The molecule has 2 aromatic carbocycles. The molecule has 0 saturated carbocycles. The smallest absolute Gasteiger partial charge is 0.233 e. The van der Waals surface area contributed by atoms with Crippen LogP contribution in [0.4, 0.5) is 5.69 Å². The number of nitrogens with one attached hydrogen (secondary N) is 2. The summed E-state index contributed by atoms with van der Waals surface area (Å²) in [5.74, 6) is 6.96. The Balaban J connectivity index is 1.65. The summed E-state index contributed by atoms with van der Waals surface area (Å²) in [6.07, 6.45) is 0. The first kappa shape index (κ1) is 20.9. The fourth-order valence-electron chi connectivity index (χ4n) is 2.66. The van der Waals surface area contributed by atoms with E-state index in [1.165, 1.54) is 0 Å². The van der Waals surface area contributed by atoms with Gasteiger partial charge in [-0.05, 0) is 36.8 Å². The first-order valence-electron chi connectivity index (χ1n) is 8.79. The minimum Gasteiger partial charge on any atom is -0.494 e. The lowest BCUT2D eigenvalue weighted by Crippen LogP contribution is -2.20. The van der Waals surface area contributed by atoms with Crippen molar-refractivity contribution in [3.63, 3.8) is 0 Å². The van der Waals surface area contributed by atoms with Crippen molar-refractivity contribution in [1.29, 1.82) is 0 Å². The van der Waals surface area contributed by atoms with Gasteiger partial charge in [-0.1, -0.05) is 30.6 Å². The summed E-state index contributed by atoms with van der Waals surface area (Å²) in [6.45, 7) is 5.89. The summed E-state index contributed by atoms with van der Waals surface area (Å²) in [5.41, 5.74) is 3.43. The van der Waals surface area contributed by atoms with Gasteiger partial charge in [0.2, 0.25) is 10.0 Å². The molecule has 150 valence electrons. The van der Waals surface area contributed by atoms with Crippen molar-refractivity contribution in [2.24, 2.45) is 0 Å². The molecule has 1 aromatic heterocycles. The van der Waals surface area contributed by atoms with Gasteiger partial charge in [0.25, 0.3) is 0 Å². The van der Waals surface area contributed by atoms with E-state index in [-0.39, 0.29) is 6.54 Å². The van der Waals surface area contributed by atoms with Gasteiger partial charge in [0.05, 0.1) is 23.4 Å². The normalized spacial score (nSPS) is 11.0. The molecule has 0 atom stereocenters. The third kappa shape index (κ3) is 5.57. The van der Waals surface area contributed by atoms with E-state index in [1.54, 1.807) is 18.4 Å². The Bertz CT molecular complexity index is 1200. The number of aromatic nitrogens is 1. The number of aryl methyl sites for hydroxylation is 1. The highest BCUT2D eigenvalue weighted by Crippen LogP contribution is 2.30. The number of methoxy groups -OCH3 is 1. The van der Waals surface area contributed by atoms with Crippen LogP contribution < -0.4 is 14.8 Å². The standard InChI is InChI=1S/C21H21N3O3S2/c1-4-29(25,26)23-14-17-7-5-9-18(11-17)22-10-6-8-16-12-19(27-3)21-20(13-16)28-15(2)24-21/h4-5,7,9,11-13,22-23H,1,10,14H2,2-3H3. The number of hydrogen-bond acceptors (Lipinski definition) is 6. The van der Waals surface area contributed by atoms with Crippen LogP contribution in [0, 0.1) is 18.8 Å². The van der Waals surface area contributed by atoms with Gasteiger partial charge in [-0.2, -0.15) is 0 Å². The Morgan fingerprint density at radius 1 is 1.31 bits per heavy atom. The third-order valence-electron chi connectivity index (χ3n) is 4.02. The largest absolute Gasteiger partial charge is 0.494 e. The number of hydrogen-bond donors (Lipinski definition) is 2. The van der Waals surface area contributed by atoms with E-state index in [0.29, 0.717) is 6.54 Å². The zero-order valence-corrected chi connectivity index (χ0v) is 17.8. The molecule has 0 aliphatic rings. The van der Waals surface area contributed by atoms with Crippen molar-refractivity contribution in [1.82, 2.24) is 9.71 Å². The number of sulfonamides is 1. The van der Waals surface area contributed by atoms with Gasteiger partial charge in [-0.25, -0.2) is 18.1 Å². The van der Waals surface area contributed by atoms with Gasteiger partial charge in [0, 0.05) is 23.2 Å². The minimum absolute atomic E-state index is 0.198. The van der Waals surface area contributed by atoms with Crippen LogP contribution in [0.2, 0.25) is 0 Å². The van der Waals surface area contributed by atoms with Gasteiger partial charge in [-0.15, -0.1) is 11.3 Å². The molecule has 0 fully saturated rings. The van der Waals surface area contributed by atoms with E-state index in [4.69, 9.17) is 4.74 Å². The zero-order valence-electron chi connectivity index (χ0n) is 16.2. The molecule has 2 N–H and O–H groups in total. The highest BCUT2D eigenvalue weighted by atomic mass is 32.2. The summed E-state index contributed by atoms with van der Waals surface area (Å²) in [5, 5.41) is 5.10. The lowest BCUT2D eigenvalue weighted by atomic mass is 10.2. The van der Waals surface area contributed by atoms with Crippen LogP contribution >= 0.6 is 11.3 Å². The molecule has 0 unspecified atom stereocenters. The maximum atomic E-state index is 11.5. The van der Waals surface area contributed by atoms with E-state index in [9.17, 15) is 8.42 Å².